The number of H-pyrrole nitrogens is 1. The quantitative estimate of drug-likeness (QED) is 0.741. The van der Waals surface area contributed by atoms with E-state index in [2.05, 4.69) is 16.4 Å². The zero-order chi connectivity index (χ0) is 14.8. The van der Waals surface area contributed by atoms with Crippen molar-refractivity contribution in [2.45, 2.75) is 13.3 Å². The lowest BCUT2D eigenvalue weighted by atomic mass is 10.1. The number of halogens is 1. The average Bonchev–Trinajstić information content (AvgIpc) is 2.82. The highest BCUT2D eigenvalue weighted by Gasteiger charge is 2.04. The van der Waals surface area contributed by atoms with Crippen LogP contribution in [0.1, 0.15) is 18.2 Å². The topological polar surface area (TPSA) is 44.9 Å². The van der Waals surface area contributed by atoms with E-state index in [1.54, 1.807) is 0 Å². The number of amides is 1. The predicted octanol–water partition coefficient (Wildman–Crippen LogP) is 4.37. The summed E-state index contributed by atoms with van der Waals surface area (Å²) >= 11 is 5.90. The maximum absolute atomic E-state index is 11.1. The first-order chi connectivity index (χ1) is 10.1. The summed E-state index contributed by atoms with van der Waals surface area (Å²) in [7, 11) is 0. The molecule has 2 aromatic carbocycles. The van der Waals surface area contributed by atoms with E-state index in [0.29, 0.717) is 0 Å². The molecule has 4 heteroatoms. The van der Waals surface area contributed by atoms with E-state index in [1.165, 1.54) is 12.5 Å². The largest absolute Gasteiger partial charge is 0.358 e. The molecule has 0 unspecified atom stereocenters. The van der Waals surface area contributed by atoms with E-state index in [0.717, 1.165) is 33.7 Å². The Hall–Kier alpha value is -2.26. The molecule has 0 atom stereocenters. The van der Waals surface area contributed by atoms with Crippen LogP contribution in [-0.4, -0.2) is 10.9 Å². The third kappa shape index (κ3) is 3.26. The fourth-order valence-electron chi connectivity index (χ4n) is 2.39. The molecule has 1 amide bonds. The fourth-order valence-corrected chi connectivity index (χ4v) is 2.52. The number of aromatic amines is 1. The van der Waals surface area contributed by atoms with Crippen LogP contribution in [-0.2, 0) is 11.2 Å². The van der Waals surface area contributed by atoms with Crippen LogP contribution in [0.3, 0.4) is 0 Å². The van der Waals surface area contributed by atoms with Gasteiger partial charge in [0, 0.05) is 40.7 Å². The Morgan fingerprint density at radius 1 is 1.14 bits per heavy atom. The van der Waals surface area contributed by atoms with Crippen LogP contribution in [0.4, 0.5) is 5.69 Å². The monoisotopic (exact) mass is 298 g/mol. The van der Waals surface area contributed by atoms with Gasteiger partial charge in [0.2, 0.25) is 5.91 Å². The lowest BCUT2D eigenvalue weighted by Crippen LogP contribution is -2.05. The number of carbonyl (C=O) groups excluding carboxylic acids is 1. The van der Waals surface area contributed by atoms with Gasteiger partial charge in [0.15, 0.2) is 0 Å². The predicted molar refractivity (Wildman–Crippen MR) is 86.9 cm³/mol. The number of rotatable bonds is 3. The SMILES string of the molecule is CC(=O)Nc1ccc2[nH]c(Cc3ccc(Cl)cc3)cc2c1. The Balaban J connectivity index is 1.86. The molecule has 3 rings (SSSR count). The van der Waals surface area contributed by atoms with Crippen molar-refractivity contribution < 1.29 is 4.79 Å². The second kappa shape index (κ2) is 5.62. The van der Waals surface area contributed by atoms with E-state index in [9.17, 15) is 4.79 Å². The van der Waals surface area contributed by atoms with Gasteiger partial charge in [-0.05, 0) is 42.0 Å². The molecule has 1 aromatic heterocycles. The summed E-state index contributed by atoms with van der Waals surface area (Å²) in [5, 5.41) is 4.63. The Morgan fingerprint density at radius 2 is 1.90 bits per heavy atom. The Kier molecular flexibility index (Phi) is 3.67. The summed E-state index contributed by atoms with van der Waals surface area (Å²) in [4.78, 5) is 14.5. The summed E-state index contributed by atoms with van der Waals surface area (Å²) in [6.45, 7) is 1.51. The summed E-state index contributed by atoms with van der Waals surface area (Å²) < 4.78 is 0. The lowest BCUT2D eigenvalue weighted by molar-refractivity contribution is -0.114. The van der Waals surface area contributed by atoms with Crippen molar-refractivity contribution in [3.05, 3.63) is 64.8 Å². The first-order valence-corrected chi connectivity index (χ1v) is 7.11. The number of carbonyl (C=O) groups is 1. The minimum atomic E-state index is -0.0636. The first kappa shape index (κ1) is 13.7. The van der Waals surface area contributed by atoms with E-state index < -0.39 is 0 Å². The molecule has 0 radical (unpaired) electrons. The molecule has 3 aromatic rings. The third-order valence-corrected chi connectivity index (χ3v) is 3.56. The number of hydrogen-bond acceptors (Lipinski definition) is 1. The van der Waals surface area contributed by atoms with Crippen LogP contribution in [0.15, 0.2) is 48.5 Å². The summed E-state index contributed by atoms with van der Waals surface area (Å²) in [5.74, 6) is -0.0636. The maximum Gasteiger partial charge on any atom is 0.221 e. The van der Waals surface area contributed by atoms with E-state index in [4.69, 9.17) is 11.6 Å². The van der Waals surface area contributed by atoms with Crippen LogP contribution < -0.4 is 5.32 Å². The van der Waals surface area contributed by atoms with Gasteiger partial charge in [-0.2, -0.15) is 0 Å². The highest BCUT2D eigenvalue weighted by atomic mass is 35.5. The van der Waals surface area contributed by atoms with E-state index >= 15 is 0 Å². The molecular weight excluding hydrogens is 284 g/mol. The van der Waals surface area contributed by atoms with Crippen molar-refractivity contribution in [1.29, 1.82) is 0 Å². The van der Waals surface area contributed by atoms with E-state index in [-0.39, 0.29) is 5.91 Å². The molecule has 21 heavy (non-hydrogen) atoms. The van der Waals surface area contributed by atoms with Crippen LogP contribution >= 0.6 is 11.6 Å². The summed E-state index contributed by atoms with van der Waals surface area (Å²) in [6, 6.07) is 15.8. The average molecular weight is 299 g/mol. The molecule has 106 valence electrons. The number of nitrogens with one attached hydrogen (secondary N) is 2. The smallest absolute Gasteiger partial charge is 0.221 e. The molecule has 0 aliphatic heterocycles. The number of fused-ring (bicyclic) bond motifs is 1. The van der Waals surface area contributed by atoms with Gasteiger partial charge in [-0.15, -0.1) is 0 Å². The highest BCUT2D eigenvalue weighted by molar-refractivity contribution is 6.30. The van der Waals surface area contributed by atoms with Crippen LogP contribution in [0, 0.1) is 0 Å². The molecule has 0 saturated carbocycles. The Morgan fingerprint density at radius 3 is 2.62 bits per heavy atom. The minimum absolute atomic E-state index is 0.0636. The molecule has 3 nitrogen and oxygen atoms in total. The number of hydrogen-bond donors (Lipinski definition) is 2. The van der Waals surface area contributed by atoms with Crippen molar-refractivity contribution in [3.8, 4) is 0 Å². The van der Waals surface area contributed by atoms with Gasteiger partial charge >= 0.3 is 0 Å². The highest BCUT2D eigenvalue weighted by Crippen LogP contribution is 2.22. The molecular formula is C17H15ClN2O. The Bertz CT molecular complexity index is 790. The molecule has 0 bridgehead atoms. The van der Waals surface area contributed by atoms with Crippen LogP contribution in [0.5, 0.6) is 0 Å². The first-order valence-electron chi connectivity index (χ1n) is 6.74. The number of benzene rings is 2. The van der Waals surface area contributed by atoms with Crippen molar-refractivity contribution >= 4 is 34.1 Å². The number of anilines is 1. The number of aromatic nitrogens is 1. The minimum Gasteiger partial charge on any atom is -0.358 e. The van der Waals surface area contributed by atoms with Gasteiger partial charge < -0.3 is 10.3 Å². The van der Waals surface area contributed by atoms with Gasteiger partial charge in [0.25, 0.3) is 0 Å². The van der Waals surface area contributed by atoms with Crippen LogP contribution in [0.2, 0.25) is 5.02 Å². The molecule has 2 N–H and O–H groups in total. The normalized spacial score (nSPS) is 10.8. The van der Waals surface area contributed by atoms with Crippen molar-refractivity contribution in [1.82, 2.24) is 4.98 Å². The molecule has 0 fully saturated rings. The van der Waals surface area contributed by atoms with Crippen molar-refractivity contribution in [2.24, 2.45) is 0 Å². The molecule has 0 aliphatic rings. The van der Waals surface area contributed by atoms with E-state index in [1.807, 2.05) is 42.5 Å². The standard InChI is InChI=1S/C17H15ClN2O/c1-11(21)19-15-6-7-17-13(9-15)10-16(20-17)8-12-2-4-14(18)5-3-12/h2-7,9-10,20H,8H2,1H3,(H,19,21). The van der Waals surface area contributed by atoms with Gasteiger partial charge in [-0.1, -0.05) is 23.7 Å². The van der Waals surface area contributed by atoms with Crippen LogP contribution in [0.25, 0.3) is 10.9 Å². The zero-order valence-corrected chi connectivity index (χ0v) is 12.4. The second-order valence-electron chi connectivity index (χ2n) is 5.08. The lowest BCUT2D eigenvalue weighted by Gasteiger charge is -2.00. The fraction of sp³-hybridized carbons (Fsp3) is 0.118. The summed E-state index contributed by atoms with van der Waals surface area (Å²) in [5.41, 5.74) is 4.21. The summed E-state index contributed by atoms with van der Waals surface area (Å²) in [6.07, 6.45) is 0.821. The molecule has 0 spiro atoms. The molecule has 0 saturated heterocycles. The Labute approximate surface area is 127 Å². The van der Waals surface area contributed by atoms with Gasteiger partial charge in [0.1, 0.15) is 0 Å². The molecule has 0 aliphatic carbocycles. The third-order valence-electron chi connectivity index (χ3n) is 3.30. The molecule has 1 heterocycles. The zero-order valence-electron chi connectivity index (χ0n) is 11.6. The van der Waals surface area contributed by atoms with Crippen molar-refractivity contribution in [3.63, 3.8) is 0 Å². The van der Waals surface area contributed by atoms with Gasteiger partial charge in [-0.25, -0.2) is 0 Å². The maximum atomic E-state index is 11.1. The van der Waals surface area contributed by atoms with Gasteiger partial charge in [-0.3, -0.25) is 4.79 Å². The second-order valence-corrected chi connectivity index (χ2v) is 5.52. The van der Waals surface area contributed by atoms with Gasteiger partial charge in [0.05, 0.1) is 0 Å². The van der Waals surface area contributed by atoms with Crippen molar-refractivity contribution in [2.75, 3.05) is 5.32 Å².